The minimum Gasteiger partial charge on any atom is -0.480 e. The van der Waals surface area contributed by atoms with Gasteiger partial charge in [-0.25, -0.2) is 0 Å². The lowest BCUT2D eigenvalue weighted by atomic mass is 10.3. The molecule has 0 aromatic carbocycles. The van der Waals surface area contributed by atoms with E-state index in [4.69, 9.17) is 5.11 Å². The Hall–Kier alpha value is -1.56. The van der Waals surface area contributed by atoms with Gasteiger partial charge in [-0.05, 0) is 19.1 Å². The number of aliphatic carboxylic acids is 1. The Morgan fingerprint density at radius 3 is 2.69 bits per heavy atom. The summed E-state index contributed by atoms with van der Waals surface area (Å²) in [5.41, 5.74) is 0. The molecule has 1 amide bonds. The fourth-order valence-corrected chi connectivity index (χ4v) is 1.62. The minimum atomic E-state index is -1.04. The van der Waals surface area contributed by atoms with Crippen molar-refractivity contribution in [2.45, 2.75) is 17.9 Å². The first kappa shape index (κ1) is 12.5. The number of nitrogens with one attached hydrogen (secondary N) is 1. The van der Waals surface area contributed by atoms with E-state index in [1.165, 1.54) is 18.7 Å². The van der Waals surface area contributed by atoms with Gasteiger partial charge in [0.2, 0.25) is 5.91 Å². The number of aromatic nitrogens is 1. The largest absolute Gasteiger partial charge is 0.480 e. The molecule has 0 bridgehead atoms. The predicted octanol–water partition coefficient (Wildman–Crippen LogP) is 0.763. The average molecular weight is 240 g/mol. The maximum Gasteiger partial charge on any atom is 0.325 e. The number of rotatable bonds is 5. The molecule has 0 aliphatic carbocycles. The number of hydrogen-bond donors (Lipinski definition) is 2. The highest BCUT2D eigenvalue weighted by Crippen LogP contribution is 2.15. The van der Waals surface area contributed by atoms with E-state index < -0.39 is 12.0 Å². The zero-order valence-electron chi connectivity index (χ0n) is 8.71. The molecule has 0 fully saturated rings. The number of nitrogens with zero attached hydrogens (tertiary/aromatic N) is 1. The van der Waals surface area contributed by atoms with Crippen molar-refractivity contribution < 1.29 is 14.7 Å². The van der Waals surface area contributed by atoms with Crippen LogP contribution in [0, 0.1) is 0 Å². The van der Waals surface area contributed by atoms with Crippen molar-refractivity contribution in [2.75, 3.05) is 5.75 Å². The van der Waals surface area contributed by atoms with Crippen LogP contribution in [-0.2, 0) is 9.59 Å². The second-order valence-electron chi connectivity index (χ2n) is 3.10. The third-order valence-corrected chi connectivity index (χ3v) is 2.78. The molecule has 5 nitrogen and oxygen atoms in total. The van der Waals surface area contributed by atoms with Crippen molar-refractivity contribution in [2.24, 2.45) is 0 Å². The number of amides is 1. The third kappa shape index (κ3) is 4.31. The minimum absolute atomic E-state index is 0.196. The van der Waals surface area contributed by atoms with Gasteiger partial charge in [-0.2, -0.15) is 0 Å². The molecule has 0 spiro atoms. The molecular weight excluding hydrogens is 228 g/mol. The summed E-state index contributed by atoms with van der Waals surface area (Å²) in [6.45, 7) is 1.43. The molecule has 0 aliphatic rings. The predicted molar refractivity (Wildman–Crippen MR) is 60.2 cm³/mol. The van der Waals surface area contributed by atoms with Crippen LogP contribution in [0.5, 0.6) is 0 Å². The Balaban J connectivity index is 2.33. The van der Waals surface area contributed by atoms with E-state index in [9.17, 15) is 9.59 Å². The summed E-state index contributed by atoms with van der Waals surface area (Å²) >= 11 is 1.34. The summed E-state index contributed by atoms with van der Waals surface area (Å²) in [5.74, 6) is -1.14. The summed E-state index contributed by atoms with van der Waals surface area (Å²) in [7, 11) is 0. The van der Waals surface area contributed by atoms with E-state index >= 15 is 0 Å². The smallest absolute Gasteiger partial charge is 0.325 e. The second kappa shape index (κ2) is 6.12. The molecule has 1 aromatic rings. The fourth-order valence-electron chi connectivity index (χ4n) is 0.928. The SMILES string of the molecule is CC(NC(=O)CSc1ccncc1)C(=O)O. The topological polar surface area (TPSA) is 79.3 Å². The Labute approximate surface area is 97.3 Å². The van der Waals surface area contributed by atoms with Gasteiger partial charge in [-0.1, -0.05) is 0 Å². The summed E-state index contributed by atoms with van der Waals surface area (Å²) in [6, 6.07) is 2.72. The highest BCUT2D eigenvalue weighted by Gasteiger charge is 2.13. The normalized spacial score (nSPS) is 11.8. The Morgan fingerprint density at radius 1 is 1.50 bits per heavy atom. The molecule has 1 heterocycles. The fraction of sp³-hybridized carbons (Fsp3) is 0.300. The van der Waals surface area contributed by atoms with Gasteiger partial charge in [0, 0.05) is 17.3 Å². The molecular formula is C10H12N2O3S. The number of carbonyl (C=O) groups is 2. The lowest BCUT2D eigenvalue weighted by Gasteiger charge is -2.08. The van der Waals surface area contributed by atoms with Crippen molar-refractivity contribution in [3.63, 3.8) is 0 Å². The number of carboxylic acids is 1. The van der Waals surface area contributed by atoms with Crippen LogP contribution in [0.4, 0.5) is 0 Å². The highest BCUT2D eigenvalue weighted by atomic mass is 32.2. The Kier molecular flexibility index (Phi) is 4.78. The zero-order valence-corrected chi connectivity index (χ0v) is 9.53. The molecule has 1 atom stereocenters. The number of carboxylic acid groups (broad SMARTS) is 1. The molecule has 0 radical (unpaired) electrons. The van der Waals surface area contributed by atoms with E-state index in [0.29, 0.717) is 0 Å². The molecule has 2 N–H and O–H groups in total. The van der Waals surface area contributed by atoms with Crippen LogP contribution >= 0.6 is 11.8 Å². The Bertz CT molecular complexity index is 370. The van der Waals surface area contributed by atoms with Gasteiger partial charge in [0.15, 0.2) is 0 Å². The zero-order chi connectivity index (χ0) is 12.0. The van der Waals surface area contributed by atoms with Crippen LogP contribution in [-0.4, -0.2) is 33.8 Å². The molecule has 86 valence electrons. The van der Waals surface area contributed by atoms with Crippen LogP contribution in [0.2, 0.25) is 0 Å². The van der Waals surface area contributed by atoms with E-state index in [2.05, 4.69) is 10.3 Å². The molecule has 1 aromatic heterocycles. The van der Waals surface area contributed by atoms with Crippen LogP contribution in [0.15, 0.2) is 29.4 Å². The van der Waals surface area contributed by atoms with Gasteiger partial charge in [0.25, 0.3) is 0 Å². The van der Waals surface area contributed by atoms with Gasteiger partial charge in [-0.3, -0.25) is 14.6 Å². The first-order chi connectivity index (χ1) is 7.59. The summed E-state index contributed by atoms with van der Waals surface area (Å²) in [6.07, 6.45) is 3.28. The quantitative estimate of drug-likeness (QED) is 0.743. The average Bonchev–Trinajstić information content (AvgIpc) is 2.27. The van der Waals surface area contributed by atoms with Gasteiger partial charge < -0.3 is 10.4 Å². The molecule has 0 aliphatic heterocycles. The summed E-state index contributed by atoms with van der Waals surface area (Å²) < 4.78 is 0. The standard InChI is InChI=1S/C10H12N2O3S/c1-7(10(14)15)12-9(13)6-16-8-2-4-11-5-3-8/h2-5,7H,6H2,1H3,(H,12,13)(H,14,15). The van der Waals surface area contributed by atoms with E-state index in [1.807, 2.05) is 0 Å². The highest BCUT2D eigenvalue weighted by molar-refractivity contribution is 8.00. The van der Waals surface area contributed by atoms with Crippen molar-refractivity contribution in [3.05, 3.63) is 24.5 Å². The lowest BCUT2D eigenvalue weighted by molar-refractivity contribution is -0.140. The number of carbonyl (C=O) groups excluding carboxylic acids is 1. The third-order valence-electron chi connectivity index (χ3n) is 1.77. The second-order valence-corrected chi connectivity index (χ2v) is 4.15. The van der Waals surface area contributed by atoms with Crippen LogP contribution in [0.25, 0.3) is 0 Å². The van der Waals surface area contributed by atoms with Crippen LogP contribution < -0.4 is 5.32 Å². The van der Waals surface area contributed by atoms with Gasteiger partial charge in [-0.15, -0.1) is 11.8 Å². The van der Waals surface area contributed by atoms with Gasteiger partial charge in [0.1, 0.15) is 6.04 Å². The molecule has 6 heteroatoms. The maximum absolute atomic E-state index is 11.3. The monoisotopic (exact) mass is 240 g/mol. The first-order valence-corrected chi connectivity index (χ1v) is 5.63. The molecule has 1 rings (SSSR count). The first-order valence-electron chi connectivity index (χ1n) is 4.64. The van der Waals surface area contributed by atoms with Crippen LogP contribution in [0.1, 0.15) is 6.92 Å². The molecule has 0 saturated heterocycles. The van der Waals surface area contributed by atoms with Gasteiger partial charge in [0.05, 0.1) is 5.75 Å². The van der Waals surface area contributed by atoms with Gasteiger partial charge >= 0.3 is 5.97 Å². The maximum atomic E-state index is 11.3. The number of hydrogen-bond acceptors (Lipinski definition) is 4. The lowest BCUT2D eigenvalue weighted by Crippen LogP contribution is -2.39. The molecule has 1 unspecified atom stereocenters. The summed E-state index contributed by atoms with van der Waals surface area (Å²) in [4.78, 5) is 26.6. The Morgan fingerprint density at radius 2 is 2.12 bits per heavy atom. The molecule has 0 saturated carbocycles. The van der Waals surface area contributed by atoms with Crippen molar-refractivity contribution in [1.29, 1.82) is 0 Å². The molecule has 16 heavy (non-hydrogen) atoms. The van der Waals surface area contributed by atoms with E-state index in [0.717, 1.165) is 4.90 Å². The number of pyridine rings is 1. The van der Waals surface area contributed by atoms with Crippen molar-refractivity contribution in [3.8, 4) is 0 Å². The van der Waals surface area contributed by atoms with Crippen molar-refractivity contribution >= 4 is 23.6 Å². The van der Waals surface area contributed by atoms with Crippen molar-refractivity contribution in [1.82, 2.24) is 10.3 Å². The van der Waals surface area contributed by atoms with Crippen LogP contribution in [0.3, 0.4) is 0 Å². The van der Waals surface area contributed by atoms with E-state index in [1.54, 1.807) is 24.5 Å². The number of thioether (sulfide) groups is 1. The van der Waals surface area contributed by atoms with E-state index in [-0.39, 0.29) is 11.7 Å². The summed E-state index contributed by atoms with van der Waals surface area (Å²) in [5, 5.41) is 11.0.